The number of likely N-dealkylation sites (tertiary alicyclic amines) is 2. The van der Waals surface area contributed by atoms with Crippen LogP contribution in [-0.2, 0) is 5.92 Å². The highest BCUT2D eigenvalue weighted by Crippen LogP contribution is 2.39. The van der Waals surface area contributed by atoms with Gasteiger partial charge in [0.1, 0.15) is 12.0 Å². The molecule has 0 saturated carbocycles. The molecule has 2 aliphatic rings. The van der Waals surface area contributed by atoms with Crippen LogP contribution in [0.25, 0.3) is 0 Å². The molecule has 0 radical (unpaired) electrons. The van der Waals surface area contributed by atoms with Crippen LogP contribution in [-0.4, -0.2) is 68.0 Å². The zero-order valence-electron chi connectivity index (χ0n) is 17.7. The van der Waals surface area contributed by atoms with Crippen molar-refractivity contribution in [2.24, 2.45) is 5.41 Å². The minimum absolute atomic E-state index is 0.00318. The molecule has 2 amide bonds. The number of hydrogen-bond acceptors (Lipinski definition) is 5. The maximum absolute atomic E-state index is 13.5. The van der Waals surface area contributed by atoms with Crippen LogP contribution in [0.15, 0.2) is 18.6 Å². The van der Waals surface area contributed by atoms with E-state index in [2.05, 4.69) is 20.2 Å². The van der Waals surface area contributed by atoms with E-state index in [0.29, 0.717) is 37.4 Å². The van der Waals surface area contributed by atoms with Gasteiger partial charge in [0.05, 0.1) is 11.3 Å². The molecule has 2 aliphatic heterocycles. The van der Waals surface area contributed by atoms with Crippen molar-refractivity contribution in [2.75, 3.05) is 26.2 Å². The van der Waals surface area contributed by atoms with Crippen molar-refractivity contribution in [1.29, 1.82) is 0 Å². The number of rotatable bonds is 3. The maximum Gasteiger partial charge on any atom is 0.286 e. The van der Waals surface area contributed by atoms with Crippen LogP contribution in [0.4, 0.5) is 8.78 Å². The molecule has 2 saturated heterocycles. The predicted octanol–water partition coefficient (Wildman–Crippen LogP) is 2.78. The van der Waals surface area contributed by atoms with Gasteiger partial charge in [-0.25, -0.2) is 9.97 Å². The highest BCUT2D eigenvalue weighted by Gasteiger charge is 2.43. The van der Waals surface area contributed by atoms with E-state index in [-0.39, 0.29) is 28.6 Å². The standard InChI is InChI=1S/C21H26F2N6O2/c1-14-15(10-24-13-25-14)18(30)29-8-6-21(12-29)5-3-4-7-28(11-21)19(31)16-9-17(27-26-16)20(2,22)23/h9-10,13H,3-8,11-12H2,1-2H3,(H,26,27). The molecule has 2 aromatic heterocycles. The first-order chi connectivity index (χ1) is 14.7. The monoisotopic (exact) mass is 432 g/mol. The molecule has 0 aliphatic carbocycles. The third-order valence-electron chi connectivity index (χ3n) is 6.34. The normalized spacial score (nSPS) is 22.1. The minimum atomic E-state index is -3.09. The quantitative estimate of drug-likeness (QED) is 0.805. The smallest absolute Gasteiger partial charge is 0.286 e. The number of aromatic nitrogens is 4. The lowest BCUT2D eigenvalue weighted by Gasteiger charge is -2.32. The summed E-state index contributed by atoms with van der Waals surface area (Å²) in [4.78, 5) is 37.6. The van der Waals surface area contributed by atoms with Crippen LogP contribution >= 0.6 is 0 Å². The van der Waals surface area contributed by atoms with E-state index in [1.54, 1.807) is 11.8 Å². The third kappa shape index (κ3) is 4.28. The SMILES string of the molecule is Cc1ncncc1C(=O)N1CCC2(CCCCN(C(=O)c3cc(C(C)(F)F)[nH]n3)C2)C1. The molecule has 166 valence electrons. The average Bonchev–Trinajstić information content (AvgIpc) is 3.32. The number of aryl methyl sites for hydroxylation is 1. The van der Waals surface area contributed by atoms with Crippen molar-refractivity contribution < 1.29 is 18.4 Å². The second kappa shape index (κ2) is 7.97. The number of nitrogens with one attached hydrogen (secondary N) is 1. The fourth-order valence-corrected chi connectivity index (χ4v) is 4.57. The Labute approximate surface area is 179 Å². The summed E-state index contributed by atoms with van der Waals surface area (Å²) in [6.45, 7) is 4.71. The van der Waals surface area contributed by atoms with Gasteiger partial charge in [-0.05, 0) is 32.3 Å². The number of carbonyl (C=O) groups excluding carboxylic acids is 2. The summed E-state index contributed by atoms with van der Waals surface area (Å²) in [5, 5.41) is 6.10. The molecule has 1 N–H and O–H groups in total. The Balaban J connectivity index is 1.49. The summed E-state index contributed by atoms with van der Waals surface area (Å²) in [7, 11) is 0. The van der Waals surface area contributed by atoms with Gasteiger partial charge in [-0.3, -0.25) is 14.7 Å². The van der Waals surface area contributed by atoms with E-state index in [9.17, 15) is 18.4 Å². The topological polar surface area (TPSA) is 95.1 Å². The zero-order chi connectivity index (χ0) is 22.2. The van der Waals surface area contributed by atoms with E-state index in [1.165, 1.54) is 12.5 Å². The molecule has 2 fully saturated rings. The Bertz CT molecular complexity index is 988. The van der Waals surface area contributed by atoms with Crippen molar-refractivity contribution in [3.63, 3.8) is 0 Å². The van der Waals surface area contributed by atoms with Crippen LogP contribution in [0, 0.1) is 12.3 Å². The molecule has 4 rings (SSSR count). The van der Waals surface area contributed by atoms with E-state index in [0.717, 1.165) is 38.7 Å². The number of carbonyl (C=O) groups is 2. The van der Waals surface area contributed by atoms with Crippen LogP contribution in [0.1, 0.15) is 64.8 Å². The van der Waals surface area contributed by atoms with Gasteiger partial charge >= 0.3 is 0 Å². The van der Waals surface area contributed by atoms with Gasteiger partial charge in [-0.15, -0.1) is 0 Å². The molecule has 0 bridgehead atoms. The Hall–Kier alpha value is -2.91. The van der Waals surface area contributed by atoms with E-state index >= 15 is 0 Å². The molecule has 31 heavy (non-hydrogen) atoms. The number of alkyl halides is 2. The van der Waals surface area contributed by atoms with Gasteiger partial charge < -0.3 is 9.80 Å². The molecule has 1 spiro atoms. The third-order valence-corrected chi connectivity index (χ3v) is 6.34. The first kappa shape index (κ1) is 21.3. The van der Waals surface area contributed by atoms with Gasteiger partial charge in [0, 0.05) is 44.7 Å². The van der Waals surface area contributed by atoms with Gasteiger partial charge in [-0.1, -0.05) is 6.42 Å². The second-order valence-electron chi connectivity index (χ2n) is 8.74. The highest BCUT2D eigenvalue weighted by atomic mass is 19.3. The molecular weight excluding hydrogens is 406 g/mol. The van der Waals surface area contributed by atoms with Gasteiger partial charge in [-0.2, -0.15) is 13.9 Å². The largest absolute Gasteiger partial charge is 0.338 e. The molecule has 1 unspecified atom stereocenters. The second-order valence-corrected chi connectivity index (χ2v) is 8.74. The fraction of sp³-hybridized carbons (Fsp3) is 0.571. The molecule has 8 nitrogen and oxygen atoms in total. The van der Waals surface area contributed by atoms with Gasteiger partial charge in [0.2, 0.25) is 0 Å². The summed E-state index contributed by atoms with van der Waals surface area (Å²) in [5.41, 5.74) is 0.542. The van der Waals surface area contributed by atoms with Gasteiger partial charge in [0.15, 0.2) is 5.69 Å². The summed E-state index contributed by atoms with van der Waals surface area (Å²) in [5.74, 6) is -3.54. The summed E-state index contributed by atoms with van der Waals surface area (Å²) in [6.07, 6.45) is 6.42. The first-order valence-electron chi connectivity index (χ1n) is 10.5. The van der Waals surface area contributed by atoms with E-state index < -0.39 is 5.92 Å². The summed E-state index contributed by atoms with van der Waals surface area (Å²) in [6, 6.07) is 1.13. The highest BCUT2D eigenvalue weighted by molar-refractivity contribution is 5.95. The lowest BCUT2D eigenvalue weighted by atomic mass is 9.82. The Kier molecular flexibility index (Phi) is 5.49. The van der Waals surface area contributed by atoms with Crippen molar-refractivity contribution in [2.45, 2.75) is 45.5 Å². The predicted molar refractivity (Wildman–Crippen MR) is 108 cm³/mol. The van der Waals surface area contributed by atoms with Crippen molar-refractivity contribution in [3.05, 3.63) is 41.2 Å². The van der Waals surface area contributed by atoms with Crippen LogP contribution in [0.3, 0.4) is 0 Å². The Morgan fingerprint density at radius 1 is 1.13 bits per heavy atom. The number of H-pyrrole nitrogens is 1. The van der Waals surface area contributed by atoms with Crippen molar-refractivity contribution in [1.82, 2.24) is 30.0 Å². The lowest BCUT2D eigenvalue weighted by Crippen LogP contribution is -2.42. The molecule has 0 aromatic carbocycles. The van der Waals surface area contributed by atoms with Crippen LogP contribution < -0.4 is 0 Å². The Morgan fingerprint density at radius 2 is 1.87 bits per heavy atom. The van der Waals surface area contributed by atoms with Gasteiger partial charge in [0.25, 0.3) is 17.7 Å². The van der Waals surface area contributed by atoms with Crippen molar-refractivity contribution >= 4 is 11.8 Å². The summed E-state index contributed by atoms with van der Waals surface area (Å²) < 4.78 is 27.0. The fourth-order valence-electron chi connectivity index (χ4n) is 4.57. The minimum Gasteiger partial charge on any atom is -0.338 e. The van der Waals surface area contributed by atoms with Crippen LogP contribution in [0.2, 0.25) is 0 Å². The number of halogens is 2. The van der Waals surface area contributed by atoms with Crippen LogP contribution in [0.5, 0.6) is 0 Å². The maximum atomic E-state index is 13.5. The van der Waals surface area contributed by atoms with E-state index in [4.69, 9.17) is 0 Å². The molecule has 2 aromatic rings. The number of amides is 2. The molecular formula is C21H26F2N6O2. The van der Waals surface area contributed by atoms with Crippen molar-refractivity contribution in [3.8, 4) is 0 Å². The molecule has 1 atom stereocenters. The number of hydrogen-bond donors (Lipinski definition) is 1. The van der Waals surface area contributed by atoms with E-state index in [1.807, 2.05) is 4.90 Å². The zero-order valence-corrected chi connectivity index (χ0v) is 17.7. The summed E-state index contributed by atoms with van der Waals surface area (Å²) >= 11 is 0. The first-order valence-corrected chi connectivity index (χ1v) is 10.5. The average molecular weight is 432 g/mol. The number of nitrogens with zero attached hydrogens (tertiary/aromatic N) is 5. The molecule has 4 heterocycles. The molecule has 10 heteroatoms. The lowest BCUT2D eigenvalue weighted by molar-refractivity contribution is 0.0127. The number of aromatic amines is 1. The Morgan fingerprint density at radius 3 is 2.55 bits per heavy atom.